The Bertz CT molecular complexity index is 1960. The van der Waals surface area contributed by atoms with E-state index in [0.29, 0.717) is 12.1 Å². The normalized spacial score (nSPS) is 37.8. The molecule has 0 bridgehead atoms. The minimum absolute atomic E-state index is 0.0491. The van der Waals surface area contributed by atoms with Crippen molar-refractivity contribution in [2.45, 2.75) is 62.1 Å². The van der Waals surface area contributed by atoms with Crippen LogP contribution in [0.5, 0.6) is 0 Å². The van der Waals surface area contributed by atoms with Gasteiger partial charge in [0.15, 0.2) is 36.3 Å². The molecule has 3 N–H and O–H groups in total. The standard InChI is InChI=1S/C25H26B2F2N8O8P2/c26-46(38)41-8-14-20(17(29)25(43-14)37-10-35-18-21(30)33-9-34-23(18)37)45-47(27,39)40-7-13-19(44-46)16(28)24(42-13)36-6-11-2-1-4-31-12-3-5-32-22(36)15(11)12/h3,5-6,9-10,13-14,16-17,19-20,24-25,31H,1-2,4,7-8H2,(H2,30,33,34)/t13-,14-,16+,17?,19?,20+,24-,25-,46?,47?/m1/s1. The highest BCUT2D eigenvalue weighted by atomic mass is 31.2. The fourth-order valence-corrected chi connectivity index (χ4v) is 8.47. The first-order chi connectivity index (χ1) is 22.5. The maximum Gasteiger partial charge on any atom is 0.264 e. The summed E-state index contributed by atoms with van der Waals surface area (Å²) in [5.41, 5.74) is 8.41. The summed E-state index contributed by atoms with van der Waals surface area (Å²) in [7, 11) is 2.68. The fraction of sp³-hybridized carbons (Fsp3) is 0.520. The third-order valence-corrected chi connectivity index (χ3v) is 10.7. The molecule has 4 radical (unpaired) electrons. The maximum atomic E-state index is 16.3. The zero-order valence-electron chi connectivity index (χ0n) is 24.4. The van der Waals surface area contributed by atoms with Crippen molar-refractivity contribution >= 4 is 63.8 Å². The van der Waals surface area contributed by atoms with Gasteiger partial charge in [-0.05, 0) is 24.5 Å². The van der Waals surface area contributed by atoms with Crippen molar-refractivity contribution in [1.82, 2.24) is 29.1 Å². The molecule has 0 aromatic carbocycles. The van der Waals surface area contributed by atoms with Gasteiger partial charge in [-0.2, -0.15) is 0 Å². The van der Waals surface area contributed by atoms with Crippen molar-refractivity contribution in [3.63, 3.8) is 0 Å². The van der Waals surface area contributed by atoms with Crippen LogP contribution < -0.4 is 11.1 Å². The Morgan fingerprint density at radius 2 is 1.57 bits per heavy atom. The van der Waals surface area contributed by atoms with Gasteiger partial charge in [-0.15, -0.1) is 0 Å². The minimum Gasteiger partial charge on any atom is -0.384 e. The molecule has 4 unspecified atom stereocenters. The summed E-state index contributed by atoms with van der Waals surface area (Å²) in [6.07, 6.45) is -5.60. The van der Waals surface area contributed by atoms with E-state index in [1.165, 1.54) is 15.5 Å². The van der Waals surface area contributed by atoms with Crippen LogP contribution in [0.4, 0.5) is 20.3 Å². The molecule has 0 spiro atoms. The molecule has 0 amide bonds. The third kappa shape index (κ3) is 5.48. The number of pyridine rings is 1. The molecule has 16 nitrogen and oxygen atoms in total. The number of aromatic nitrogens is 6. The third-order valence-electron chi connectivity index (χ3n) is 8.57. The summed E-state index contributed by atoms with van der Waals surface area (Å²) < 4.78 is 95.5. The lowest BCUT2D eigenvalue weighted by Gasteiger charge is -2.29. The van der Waals surface area contributed by atoms with Gasteiger partial charge in [-0.3, -0.25) is 13.7 Å². The largest absolute Gasteiger partial charge is 0.384 e. The van der Waals surface area contributed by atoms with Crippen molar-refractivity contribution in [3.05, 3.63) is 36.7 Å². The maximum absolute atomic E-state index is 16.3. The molecule has 4 aliphatic rings. The molecule has 4 aromatic heterocycles. The Labute approximate surface area is 267 Å². The Balaban J connectivity index is 1.08. The molecule has 3 fully saturated rings. The molecule has 244 valence electrons. The lowest BCUT2D eigenvalue weighted by atomic mass is 10.1. The van der Waals surface area contributed by atoms with E-state index in [9.17, 15) is 9.13 Å². The van der Waals surface area contributed by atoms with Crippen LogP contribution in [0.25, 0.3) is 22.2 Å². The van der Waals surface area contributed by atoms with Gasteiger partial charge < -0.3 is 43.2 Å². The predicted molar refractivity (Wildman–Crippen MR) is 162 cm³/mol. The number of hydrogen-bond donors (Lipinski definition) is 2. The molecule has 3 saturated heterocycles. The van der Waals surface area contributed by atoms with Crippen LogP contribution in [-0.2, 0) is 43.1 Å². The van der Waals surface area contributed by atoms with Crippen molar-refractivity contribution in [2.24, 2.45) is 0 Å². The average molecular weight is 688 g/mol. The molecule has 0 saturated carbocycles. The molecule has 4 aromatic rings. The number of nitrogen functional groups attached to an aromatic ring is 1. The van der Waals surface area contributed by atoms with E-state index in [0.717, 1.165) is 35.9 Å². The van der Waals surface area contributed by atoms with Crippen LogP contribution in [0.2, 0.25) is 0 Å². The number of nitrogens with one attached hydrogen (secondary N) is 1. The molecule has 22 heteroatoms. The summed E-state index contributed by atoms with van der Waals surface area (Å²) >= 11 is 0. The monoisotopic (exact) mass is 688 g/mol. The van der Waals surface area contributed by atoms with Gasteiger partial charge in [0.05, 0.1) is 19.5 Å². The second-order valence-electron chi connectivity index (χ2n) is 11.6. The summed E-state index contributed by atoms with van der Waals surface area (Å²) in [6, 6.07) is 1.83. The summed E-state index contributed by atoms with van der Waals surface area (Å²) in [4.78, 5) is 16.5. The molecule has 0 aliphatic carbocycles. The number of fused-ring (bicyclic) bond motifs is 3. The van der Waals surface area contributed by atoms with Crippen LogP contribution in [0.1, 0.15) is 24.4 Å². The molecular weight excluding hydrogens is 662 g/mol. The van der Waals surface area contributed by atoms with Gasteiger partial charge in [0.1, 0.15) is 41.9 Å². The molecule has 4 aliphatic heterocycles. The molecule has 8 rings (SSSR count). The first-order valence-corrected chi connectivity index (χ1v) is 17.9. The number of nitrogens with zero attached hydrogens (tertiary/aromatic N) is 6. The number of ether oxygens (including phenoxy) is 2. The number of hydrogen-bond acceptors (Lipinski definition) is 14. The minimum atomic E-state index is -4.57. The Morgan fingerprint density at radius 1 is 0.915 bits per heavy atom. The highest BCUT2D eigenvalue weighted by molar-refractivity contribution is 7.79. The van der Waals surface area contributed by atoms with Gasteiger partial charge in [-0.25, -0.2) is 28.7 Å². The van der Waals surface area contributed by atoms with E-state index in [1.54, 1.807) is 12.4 Å². The van der Waals surface area contributed by atoms with E-state index in [1.807, 2.05) is 6.07 Å². The number of rotatable bonds is 2. The first kappa shape index (κ1) is 31.3. The first-order valence-electron chi connectivity index (χ1n) is 14.7. The van der Waals surface area contributed by atoms with E-state index < -0.39 is 77.4 Å². The van der Waals surface area contributed by atoms with Crippen molar-refractivity contribution in [2.75, 3.05) is 30.8 Å². The van der Waals surface area contributed by atoms with Crippen LogP contribution in [0, 0.1) is 0 Å². The highest BCUT2D eigenvalue weighted by Crippen LogP contribution is 2.54. The van der Waals surface area contributed by atoms with Gasteiger partial charge in [0.2, 0.25) is 15.1 Å². The number of alkyl halides is 2. The average Bonchev–Trinajstić information content (AvgIpc) is 3.73. The molecule has 10 atom stereocenters. The summed E-state index contributed by atoms with van der Waals surface area (Å²) in [6.45, 7) is -0.589. The number of imidazole rings is 1. The lowest BCUT2D eigenvalue weighted by molar-refractivity contribution is -0.0547. The predicted octanol–water partition coefficient (Wildman–Crippen LogP) is 2.66. The number of halogens is 2. The molecule has 8 heterocycles. The van der Waals surface area contributed by atoms with E-state index in [2.05, 4.69) is 25.3 Å². The fourth-order valence-electron chi connectivity index (χ4n) is 6.46. The Kier molecular flexibility index (Phi) is 7.72. The lowest BCUT2D eigenvalue weighted by Crippen LogP contribution is -2.37. The topological polar surface area (TPSA) is 189 Å². The van der Waals surface area contributed by atoms with Crippen LogP contribution in [0.3, 0.4) is 0 Å². The zero-order valence-corrected chi connectivity index (χ0v) is 26.2. The van der Waals surface area contributed by atoms with Crippen LogP contribution in [-0.4, -0.2) is 101 Å². The highest BCUT2D eigenvalue weighted by Gasteiger charge is 2.53. The summed E-state index contributed by atoms with van der Waals surface area (Å²) in [5.74, 6) is 0.0491. The van der Waals surface area contributed by atoms with E-state index >= 15 is 8.78 Å². The SMILES string of the molecule is [B]P1(=O)OC[C@H]2O[C@@H](n3cnc4c(N)ncnc43)C(F)[C@H]2OP([B])(=O)OC[C@H]2O[C@@H](n3cc4c5c(ccnc53)NCCC4)[C@@H](F)C2O1. The van der Waals surface area contributed by atoms with Crippen molar-refractivity contribution in [3.8, 4) is 0 Å². The number of aryl methyl sites for hydroxylation is 1. The molecular formula is C25H26B2F2N8O8P2. The Hall–Kier alpha value is -2.95. The quantitative estimate of drug-likeness (QED) is 0.231. The smallest absolute Gasteiger partial charge is 0.264 e. The Morgan fingerprint density at radius 3 is 2.26 bits per heavy atom. The second-order valence-corrected chi connectivity index (χ2v) is 14.7. The van der Waals surface area contributed by atoms with E-state index in [4.69, 9.17) is 48.4 Å². The van der Waals surface area contributed by atoms with Crippen molar-refractivity contribution < 1.29 is 45.5 Å². The zero-order chi connectivity index (χ0) is 32.7. The second kappa shape index (κ2) is 11.6. The molecule has 47 heavy (non-hydrogen) atoms. The van der Waals surface area contributed by atoms with Gasteiger partial charge in [0, 0.05) is 30.0 Å². The summed E-state index contributed by atoms with van der Waals surface area (Å²) in [5, 5.41) is 4.16. The van der Waals surface area contributed by atoms with Crippen LogP contribution >= 0.6 is 14.9 Å². The van der Waals surface area contributed by atoms with Gasteiger partial charge in [-0.1, -0.05) is 0 Å². The van der Waals surface area contributed by atoms with Gasteiger partial charge in [0.25, 0.3) is 14.9 Å². The van der Waals surface area contributed by atoms with Crippen molar-refractivity contribution in [1.29, 1.82) is 0 Å². The number of anilines is 2. The van der Waals surface area contributed by atoms with Gasteiger partial charge >= 0.3 is 0 Å². The van der Waals surface area contributed by atoms with Crippen LogP contribution in [0.15, 0.2) is 31.1 Å². The van der Waals surface area contributed by atoms with E-state index in [-0.39, 0.29) is 17.0 Å². The number of nitrogens with two attached hydrogens (primary N) is 1.